The summed E-state index contributed by atoms with van der Waals surface area (Å²) < 4.78 is 13.2. The van der Waals surface area contributed by atoms with Crippen molar-refractivity contribution in [2.45, 2.75) is 19.4 Å². The predicted molar refractivity (Wildman–Crippen MR) is 81.4 cm³/mol. The molecular formula is C12H21Cl2FN2S. The molecule has 2 rings (SSSR count). The smallest absolute Gasteiger partial charge is 0.110 e. The Bertz CT molecular complexity index is 330. The molecule has 1 N–H and O–H groups in total. The molecule has 1 aromatic rings. The van der Waals surface area contributed by atoms with Crippen LogP contribution in [0.2, 0.25) is 0 Å². The minimum absolute atomic E-state index is 0. The van der Waals surface area contributed by atoms with Gasteiger partial charge in [0.15, 0.2) is 0 Å². The number of nitrogens with zero attached hydrogens (tertiary/aromatic N) is 1. The topological polar surface area (TPSA) is 15.3 Å². The van der Waals surface area contributed by atoms with Crippen molar-refractivity contribution < 1.29 is 4.39 Å². The Balaban J connectivity index is 0.00000144. The highest BCUT2D eigenvalue weighted by molar-refractivity contribution is 7.12. The van der Waals surface area contributed by atoms with Crippen molar-refractivity contribution in [1.82, 2.24) is 10.2 Å². The van der Waals surface area contributed by atoms with Gasteiger partial charge in [0.1, 0.15) is 6.67 Å². The van der Waals surface area contributed by atoms with Gasteiger partial charge in [0, 0.05) is 35.9 Å². The first-order chi connectivity index (χ1) is 7.85. The van der Waals surface area contributed by atoms with Gasteiger partial charge in [-0.05, 0) is 18.6 Å². The maximum Gasteiger partial charge on any atom is 0.110 e. The molecule has 0 saturated carbocycles. The molecule has 1 fully saturated rings. The van der Waals surface area contributed by atoms with E-state index in [1.165, 1.54) is 9.75 Å². The highest BCUT2D eigenvalue weighted by atomic mass is 35.5. The molecular weight excluding hydrogens is 294 g/mol. The van der Waals surface area contributed by atoms with E-state index in [0.29, 0.717) is 0 Å². The Labute approximate surface area is 125 Å². The minimum Gasteiger partial charge on any atom is -0.314 e. The zero-order valence-electron chi connectivity index (χ0n) is 10.5. The molecule has 0 aromatic carbocycles. The number of thiophene rings is 1. The number of hydrogen-bond acceptors (Lipinski definition) is 3. The van der Waals surface area contributed by atoms with Gasteiger partial charge in [-0.25, -0.2) is 4.39 Å². The first-order valence-corrected chi connectivity index (χ1v) is 6.76. The van der Waals surface area contributed by atoms with Gasteiger partial charge in [0.05, 0.1) is 6.04 Å². The van der Waals surface area contributed by atoms with Crippen LogP contribution in [0.15, 0.2) is 12.1 Å². The van der Waals surface area contributed by atoms with Crippen molar-refractivity contribution in [3.63, 3.8) is 0 Å². The van der Waals surface area contributed by atoms with Gasteiger partial charge in [-0.1, -0.05) is 6.92 Å². The molecule has 1 aromatic heterocycles. The SMILES string of the molecule is CCc1ccc([C@@H](CF)N2CCNCC2)s1.Cl.Cl. The van der Waals surface area contributed by atoms with E-state index in [4.69, 9.17) is 0 Å². The number of piperazine rings is 1. The van der Waals surface area contributed by atoms with Gasteiger partial charge in [0.25, 0.3) is 0 Å². The zero-order valence-corrected chi connectivity index (χ0v) is 13.0. The molecule has 0 spiro atoms. The van der Waals surface area contributed by atoms with Gasteiger partial charge in [-0.2, -0.15) is 0 Å². The van der Waals surface area contributed by atoms with Crippen LogP contribution in [0.25, 0.3) is 0 Å². The van der Waals surface area contributed by atoms with Crippen LogP contribution in [0.1, 0.15) is 22.7 Å². The molecule has 2 heterocycles. The van der Waals surface area contributed by atoms with E-state index in [0.717, 1.165) is 32.6 Å². The average molecular weight is 315 g/mol. The second kappa shape index (κ2) is 9.10. The number of aryl methyl sites for hydroxylation is 1. The van der Waals surface area contributed by atoms with Gasteiger partial charge < -0.3 is 5.32 Å². The summed E-state index contributed by atoms with van der Waals surface area (Å²) in [5.41, 5.74) is 0. The van der Waals surface area contributed by atoms with E-state index in [9.17, 15) is 4.39 Å². The Kier molecular flexibility index (Phi) is 9.17. The molecule has 0 amide bonds. The lowest BCUT2D eigenvalue weighted by Crippen LogP contribution is -2.45. The molecule has 1 aliphatic heterocycles. The van der Waals surface area contributed by atoms with Gasteiger partial charge in [-0.15, -0.1) is 36.2 Å². The summed E-state index contributed by atoms with van der Waals surface area (Å²) in [5.74, 6) is 0. The molecule has 0 unspecified atom stereocenters. The van der Waals surface area contributed by atoms with E-state index in [1.807, 2.05) is 0 Å². The van der Waals surface area contributed by atoms with Crippen LogP contribution in [-0.4, -0.2) is 37.8 Å². The lowest BCUT2D eigenvalue weighted by atomic mass is 10.2. The van der Waals surface area contributed by atoms with Crippen LogP contribution in [0, 0.1) is 0 Å². The van der Waals surface area contributed by atoms with Crippen LogP contribution in [0.4, 0.5) is 4.39 Å². The van der Waals surface area contributed by atoms with E-state index < -0.39 is 0 Å². The van der Waals surface area contributed by atoms with Gasteiger partial charge in [0.2, 0.25) is 0 Å². The van der Waals surface area contributed by atoms with Crippen molar-refractivity contribution in [2.75, 3.05) is 32.9 Å². The van der Waals surface area contributed by atoms with Crippen LogP contribution < -0.4 is 5.32 Å². The lowest BCUT2D eigenvalue weighted by Gasteiger charge is -2.32. The summed E-state index contributed by atoms with van der Waals surface area (Å²) in [4.78, 5) is 4.78. The fourth-order valence-electron chi connectivity index (χ4n) is 2.11. The largest absolute Gasteiger partial charge is 0.314 e. The third-order valence-electron chi connectivity index (χ3n) is 3.10. The second-order valence-electron chi connectivity index (χ2n) is 4.11. The molecule has 1 atom stereocenters. The molecule has 18 heavy (non-hydrogen) atoms. The first kappa shape index (κ1) is 18.1. The van der Waals surface area contributed by atoms with Crippen LogP contribution in [-0.2, 0) is 6.42 Å². The van der Waals surface area contributed by atoms with Gasteiger partial charge in [-0.3, -0.25) is 4.90 Å². The van der Waals surface area contributed by atoms with Crippen LogP contribution in [0.3, 0.4) is 0 Å². The number of halogens is 3. The lowest BCUT2D eigenvalue weighted by molar-refractivity contribution is 0.150. The third kappa shape index (κ3) is 4.35. The quantitative estimate of drug-likeness (QED) is 0.919. The van der Waals surface area contributed by atoms with Crippen molar-refractivity contribution in [2.24, 2.45) is 0 Å². The highest BCUT2D eigenvalue weighted by Crippen LogP contribution is 2.28. The average Bonchev–Trinajstić information content (AvgIpc) is 2.80. The predicted octanol–water partition coefficient (Wildman–Crippen LogP) is 3.07. The normalized spacial score (nSPS) is 17.7. The maximum atomic E-state index is 13.2. The number of hydrogen-bond donors (Lipinski definition) is 1. The Morgan fingerprint density at radius 2 is 2.00 bits per heavy atom. The number of alkyl halides is 1. The summed E-state index contributed by atoms with van der Waals surface area (Å²) in [6.45, 7) is 5.72. The zero-order chi connectivity index (χ0) is 11.4. The standard InChI is InChI=1S/C12H19FN2S.2ClH/c1-2-10-3-4-12(16-10)11(9-13)15-7-5-14-6-8-15;;/h3-4,11,14H,2,5-9H2,1H3;2*1H/t11-;;/m1../s1. The molecule has 2 nitrogen and oxygen atoms in total. The Hall–Kier alpha value is 0.130. The van der Waals surface area contributed by atoms with E-state index in [-0.39, 0.29) is 37.5 Å². The fraction of sp³-hybridized carbons (Fsp3) is 0.667. The molecule has 0 radical (unpaired) electrons. The van der Waals surface area contributed by atoms with Crippen molar-refractivity contribution in [1.29, 1.82) is 0 Å². The van der Waals surface area contributed by atoms with E-state index >= 15 is 0 Å². The summed E-state index contributed by atoms with van der Waals surface area (Å²) in [5, 5.41) is 3.30. The van der Waals surface area contributed by atoms with E-state index in [2.05, 4.69) is 29.3 Å². The summed E-state index contributed by atoms with van der Waals surface area (Å²) >= 11 is 1.76. The Morgan fingerprint density at radius 3 is 2.50 bits per heavy atom. The molecule has 0 bridgehead atoms. The molecule has 6 heteroatoms. The van der Waals surface area contributed by atoms with Crippen molar-refractivity contribution >= 4 is 36.2 Å². The summed E-state index contributed by atoms with van der Waals surface area (Å²) in [7, 11) is 0. The maximum absolute atomic E-state index is 13.2. The highest BCUT2D eigenvalue weighted by Gasteiger charge is 2.23. The van der Waals surface area contributed by atoms with Crippen LogP contribution in [0.5, 0.6) is 0 Å². The van der Waals surface area contributed by atoms with E-state index in [1.54, 1.807) is 11.3 Å². The van der Waals surface area contributed by atoms with Crippen molar-refractivity contribution in [3.05, 3.63) is 21.9 Å². The fourth-order valence-corrected chi connectivity index (χ4v) is 3.18. The first-order valence-electron chi connectivity index (χ1n) is 5.94. The van der Waals surface area contributed by atoms with Crippen molar-refractivity contribution in [3.8, 4) is 0 Å². The molecule has 1 aliphatic rings. The second-order valence-corrected chi connectivity index (χ2v) is 5.31. The summed E-state index contributed by atoms with van der Waals surface area (Å²) in [6, 6.07) is 4.20. The Morgan fingerprint density at radius 1 is 1.33 bits per heavy atom. The molecule has 1 saturated heterocycles. The number of rotatable bonds is 4. The molecule has 0 aliphatic carbocycles. The third-order valence-corrected chi connectivity index (χ3v) is 4.43. The van der Waals surface area contributed by atoms with Crippen LogP contribution >= 0.6 is 36.2 Å². The van der Waals surface area contributed by atoms with Gasteiger partial charge >= 0.3 is 0 Å². The number of nitrogens with one attached hydrogen (secondary N) is 1. The summed E-state index contributed by atoms with van der Waals surface area (Å²) in [6.07, 6.45) is 1.05. The minimum atomic E-state index is -0.274. The monoisotopic (exact) mass is 314 g/mol. The molecule has 106 valence electrons.